The van der Waals surface area contributed by atoms with E-state index < -0.39 is 5.82 Å². The molecule has 0 spiro atoms. The third kappa shape index (κ3) is 4.15. The van der Waals surface area contributed by atoms with Crippen LogP contribution in [0.3, 0.4) is 0 Å². The van der Waals surface area contributed by atoms with Crippen LogP contribution < -0.4 is 11.1 Å². The van der Waals surface area contributed by atoms with Gasteiger partial charge in [0.1, 0.15) is 5.82 Å². The normalized spacial score (nSPS) is 20.1. The summed E-state index contributed by atoms with van der Waals surface area (Å²) in [5.74, 6) is 0.191. The molecule has 0 saturated carbocycles. The topological polar surface area (TPSA) is 73.9 Å². The number of hydrogen-bond donors (Lipinski definition) is 3. The molecule has 1 aromatic rings. The third-order valence-electron chi connectivity index (χ3n) is 4.02. The van der Waals surface area contributed by atoms with Gasteiger partial charge >= 0.3 is 0 Å². The zero-order chi connectivity index (χ0) is 15.2. The van der Waals surface area contributed by atoms with Gasteiger partial charge in [0, 0.05) is 18.7 Å². The maximum absolute atomic E-state index is 13.3. The Kier molecular flexibility index (Phi) is 5.52. The molecule has 1 saturated heterocycles. The van der Waals surface area contributed by atoms with Gasteiger partial charge in [-0.15, -0.1) is 0 Å². The maximum Gasteiger partial charge on any atom is 0.170 e. The van der Waals surface area contributed by atoms with E-state index in [-0.39, 0.29) is 5.84 Å². The first-order valence-corrected chi connectivity index (χ1v) is 7.33. The summed E-state index contributed by atoms with van der Waals surface area (Å²) in [5, 5.41) is 15.1. The molecule has 21 heavy (non-hydrogen) atoms. The Morgan fingerprint density at radius 1 is 1.57 bits per heavy atom. The molecule has 1 aliphatic rings. The standard InChI is InChI=1S/C15H23FN4O/c1-2-20-6-5-11(10-20)8-18-9-12-3-4-13(16)7-14(12)15(17)19-21/h3-4,7,11,18,21H,2,5-6,8-10H2,1H3,(H2,17,19). The summed E-state index contributed by atoms with van der Waals surface area (Å²) in [4.78, 5) is 2.44. The number of nitrogens with two attached hydrogens (primary N) is 1. The van der Waals surface area contributed by atoms with E-state index >= 15 is 0 Å². The lowest BCUT2D eigenvalue weighted by atomic mass is 10.1. The summed E-state index contributed by atoms with van der Waals surface area (Å²) in [7, 11) is 0. The fourth-order valence-corrected chi connectivity index (χ4v) is 2.77. The van der Waals surface area contributed by atoms with Crippen LogP contribution in [0.25, 0.3) is 0 Å². The van der Waals surface area contributed by atoms with E-state index in [0.717, 1.165) is 31.7 Å². The van der Waals surface area contributed by atoms with E-state index in [1.807, 2.05) is 0 Å². The first-order chi connectivity index (χ1) is 10.1. The lowest BCUT2D eigenvalue weighted by Crippen LogP contribution is -2.27. The molecule has 1 atom stereocenters. The van der Waals surface area contributed by atoms with Crippen LogP contribution in [0.1, 0.15) is 24.5 Å². The average Bonchev–Trinajstić information content (AvgIpc) is 2.96. The number of nitrogens with zero attached hydrogens (tertiary/aromatic N) is 2. The second-order valence-corrected chi connectivity index (χ2v) is 5.47. The molecule has 0 bridgehead atoms. The Labute approximate surface area is 124 Å². The minimum absolute atomic E-state index is 0.0654. The molecule has 2 rings (SSSR count). The van der Waals surface area contributed by atoms with Crippen molar-refractivity contribution in [1.29, 1.82) is 0 Å². The summed E-state index contributed by atoms with van der Waals surface area (Å²) < 4.78 is 13.3. The van der Waals surface area contributed by atoms with E-state index in [1.54, 1.807) is 6.07 Å². The van der Waals surface area contributed by atoms with Crippen molar-refractivity contribution in [1.82, 2.24) is 10.2 Å². The highest BCUT2D eigenvalue weighted by atomic mass is 19.1. The van der Waals surface area contributed by atoms with Crippen molar-refractivity contribution in [3.63, 3.8) is 0 Å². The molecular formula is C15H23FN4O. The van der Waals surface area contributed by atoms with Crippen molar-refractivity contribution < 1.29 is 9.60 Å². The lowest BCUT2D eigenvalue weighted by molar-refractivity contribution is 0.318. The Hall–Kier alpha value is -1.66. The Morgan fingerprint density at radius 2 is 2.38 bits per heavy atom. The molecule has 1 fully saturated rings. The number of hydrogen-bond acceptors (Lipinski definition) is 4. The molecule has 0 aromatic heterocycles. The van der Waals surface area contributed by atoms with Gasteiger partial charge in [0.05, 0.1) is 0 Å². The van der Waals surface area contributed by atoms with Gasteiger partial charge in [-0.1, -0.05) is 18.1 Å². The smallest absolute Gasteiger partial charge is 0.170 e. The zero-order valence-electron chi connectivity index (χ0n) is 12.3. The highest BCUT2D eigenvalue weighted by Gasteiger charge is 2.20. The molecule has 0 radical (unpaired) electrons. The fraction of sp³-hybridized carbons (Fsp3) is 0.533. The quantitative estimate of drug-likeness (QED) is 0.320. The van der Waals surface area contributed by atoms with Crippen LogP contribution in [0.4, 0.5) is 4.39 Å². The second kappa shape index (κ2) is 7.38. The van der Waals surface area contributed by atoms with Gasteiger partial charge in [0.25, 0.3) is 0 Å². The maximum atomic E-state index is 13.3. The minimum atomic E-state index is -0.394. The molecule has 1 aliphatic heterocycles. The first-order valence-electron chi connectivity index (χ1n) is 7.33. The summed E-state index contributed by atoms with van der Waals surface area (Å²) in [6.45, 7) is 7.06. The summed E-state index contributed by atoms with van der Waals surface area (Å²) in [6.07, 6.45) is 1.21. The fourth-order valence-electron chi connectivity index (χ4n) is 2.77. The van der Waals surface area contributed by atoms with Gasteiger partial charge < -0.3 is 21.2 Å². The van der Waals surface area contributed by atoms with Crippen LogP contribution in [0.5, 0.6) is 0 Å². The summed E-state index contributed by atoms with van der Waals surface area (Å²) >= 11 is 0. The van der Waals surface area contributed by atoms with Gasteiger partial charge in [-0.3, -0.25) is 0 Å². The Morgan fingerprint density at radius 3 is 3.05 bits per heavy atom. The van der Waals surface area contributed by atoms with E-state index in [2.05, 4.69) is 22.3 Å². The molecular weight excluding hydrogens is 271 g/mol. The number of benzene rings is 1. The summed E-state index contributed by atoms with van der Waals surface area (Å²) in [6, 6.07) is 4.35. The molecule has 4 N–H and O–H groups in total. The summed E-state index contributed by atoms with van der Waals surface area (Å²) in [5.41, 5.74) is 6.86. The Bertz CT molecular complexity index is 506. The van der Waals surface area contributed by atoms with Crippen molar-refractivity contribution in [2.45, 2.75) is 19.9 Å². The predicted octanol–water partition coefficient (Wildman–Crippen LogP) is 1.35. The van der Waals surface area contributed by atoms with E-state index in [0.29, 0.717) is 18.0 Å². The highest BCUT2D eigenvalue weighted by molar-refractivity contribution is 5.98. The second-order valence-electron chi connectivity index (χ2n) is 5.47. The number of oxime groups is 1. The minimum Gasteiger partial charge on any atom is -0.409 e. The number of halogens is 1. The van der Waals surface area contributed by atoms with Crippen LogP contribution in [0.15, 0.2) is 23.4 Å². The van der Waals surface area contributed by atoms with Crippen LogP contribution in [0.2, 0.25) is 0 Å². The van der Waals surface area contributed by atoms with Crippen LogP contribution in [-0.4, -0.2) is 42.1 Å². The molecule has 0 amide bonds. The van der Waals surface area contributed by atoms with Gasteiger partial charge in [-0.25, -0.2) is 4.39 Å². The van der Waals surface area contributed by atoms with Crippen LogP contribution >= 0.6 is 0 Å². The van der Waals surface area contributed by atoms with Crippen molar-refractivity contribution >= 4 is 5.84 Å². The number of rotatable bonds is 6. The SMILES string of the molecule is CCN1CCC(CNCc2ccc(F)cc2C(N)=NO)C1. The monoisotopic (exact) mass is 294 g/mol. The lowest BCUT2D eigenvalue weighted by Gasteiger charge is -2.14. The van der Waals surface area contributed by atoms with Gasteiger partial charge in [-0.05, 0) is 49.7 Å². The van der Waals surface area contributed by atoms with Crippen LogP contribution in [-0.2, 0) is 6.54 Å². The predicted molar refractivity (Wildman–Crippen MR) is 80.8 cm³/mol. The number of amidine groups is 1. The van der Waals surface area contributed by atoms with Crippen molar-refractivity contribution in [3.05, 3.63) is 35.1 Å². The first kappa shape index (κ1) is 15.7. The molecule has 0 aliphatic carbocycles. The number of likely N-dealkylation sites (tertiary alicyclic amines) is 1. The zero-order valence-corrected chi connectivity index (χ0v) is 12.3. The van der Waals surface area contributed by atoms with Crippen molar-refractivity contribution in [2.75, 3.05) is 26.2 Å². The largest absolute Gasteiger partial charge is 0.409 e. The molecule has 1 aromatic carbocycles. The van der Waals surface area contributed by atoms with Crippen LogP contribution in [0, 0.1) is 11.7 Å². The van der Waals surface area contributed by atoms with E-state index in [9.17, 15) is 4.39 Å². The molecule has 5 nitrogen and oxygen atoms in total. The van der Waals surface area contributed by atoms with Crippen molar-refractivity contribution in [2.24, 2.45) is 16.8 Å². The van der Waals surface area contributed by atoms with Crippen molar-refractivity contribution in [3.8, 4) is 0 Å². The average molecular weight is 294 g/mol. The molecule has 116 valence electrons. The molecule has 6 heteroatoms. The Balaban J connectivity index is 1.91. The van der Waals surface area contributed by atoms with Gasteiger partial charge in [0.2, 0.25) is 0 Å². The highest BCUT2D eigenvalue weighted by Crippen LogP contribution is 2.15. The molecule has 1 heterocycles. The van der Waals surface area contributed by atoms with E-state index in [1.165, 1.54) is 18.6 Å². The number of nitrogens with one attached hydrogen (secondary N) is 1. The van der Waals surface area contributed by atoms with E-state index in [4.69, 9.17) is 10.9 Å². The molecule has 1 unspecified atom stereocenters. The van der Waals surface area contributed by atoms with Gasteiger partial charge in [-0.2, -0.15) is 0 Å². The third-order valence-corrected chi connectivity index (χ3v) is 4.02. The van der Waals surface area contributed by atoms with Gasteiger partial charge in [0.15, 0.2) is 5.84 Å².